The minimum Gasteiger partial charge on any atom is -0.506 e. The summed E-state index contributed by atoms with van der Waals surface area (Å²) in [4.78, 5) is 11.9. The number of amides is 1. The fourth-order valence-electron chi connectivity index (χ4n) is 1.58. The number of nitrogens with two attached hydrogens (primary N) is 1. The number of rotatable bonds is 2. The fourth-order valence-corrected chi connectivity index (χ4v) is 1.58. The van der Waals surface area contributed by atoms with Gasteiger partial charge in [-0.05, 0) is 48.9 Å². The van der Waals surface area contributed by atoms with Crippen LogP contribution in [-0.2, 0) is 0 Å². The van der Waals surface area contributed by atoms with Crippen molar-refractivity contribution in [2.45, 2.75) is 6.92 Å². The van der Waals surface area contributed by atoms with Gasteiger partial charge in [0.05, 0.1) is 5.69 Å². The molecule has 4 heteroatoms. The molecule has 0 saturated heterocycles. The van der Waals surface area contributed by atoms with E-state index in [2.05, 4.69) is 5.32 Å². The van der Waals surface area contributed by atoms with Crippen molar-refractivity contribution in [3.8, 4) is 5.75 Å². The Morgan fingerprint density at radius 2 is 1.83 bits per heavy atom. The second-order valence-corrected chi connectivity index (χ2v) is 4.10. The lowest BCUT2D eigenvalue weighted by atomic mass is 10.1. The van der Waals surface area contributed by atoms with E-state index < -0.39 is 0 Å². The van der Waals surface area contributed by atoms with Crippen LogP contribution in [0, 0.1) is 6.92 Å². The van der Waals surface area contributed by atoms with Crippen molar-refractivity contribution in [3.63, 3.8) is 0 Å². The van der Waals surface area contributed by atoms with E-state index in [0.717, 1.165) is 5.56 Å². The average molecular weight is 242 g/mol. The van der Waals surface area contributed by atoms with Crippen molar-refractivity contribution < 1.29 is 9.90 Å². The largest absolute Gasteiger partial charge is 0.506 e. The molecule has 92 valence electrons. The van der Waals surface area contributed by atoms with Crippen LogP contribution in [0.15, 0.2) is 42.5 Å². The highest BCUT2D eigenvalue weighted by atomic mass is 16.3. The first kappa shape index (κ1) is 12.0. The molecule has 18 heavy (non-hydrogen) atoms. The zero-order valence-corrected chi connectivity index (χ0v) is 9.97. The van der Waals surface area contributed by atoms with E-state index in [1.165, 1.54) is 0 Å². The van der Waals surface area contributed by atoms with Gasteiger partial charge in [-0.2, -0.15) is 0 Å². The Labute approximate surface area is 105 Å². The monoisotopic (exact) mass is 242 g/mol. The maximum absolute atomic E-state index is 11.9. The van der Waals surface area contributed by atoms with Crippen molar-refractivity contribution >= 4 is 17.3 Å². The maximum Gasteiger partial charge on any atom is 0.255 e. The van der Waals surface area contributed by atoms with E-state index in [-0.39, 0.29) is 11.7 Å². The molecule has 0 spiro atoms. The molecule has 2 rings (SSSR count). The molecule has 0 heterocycles. The molecular weight excluding hydrogens is 228 g/mol. The molecule has 0 fully saturated rings. The summed E-state index contributed by atoms with van der Waals surface area (Å²) >= 11 is 0. The SMILES string of the molecule is Cc1ccc(O)c(NC(=O)c2ccc(N)cc2)c1. The third kappa shape index (κ3) is 2.60. The fraction of sp³-hybridized carbons (Fsp3) is 0.0714. The van der Waals surface area contributed by atoms with E-state index >= 15 is 0 Å². The number of hydrogen-bond donors (Lipinski definition) is 3. The normalized spacial score (nSPS) is 10.1. The summed E-state index contributed by atoms with van der Waals surface area (Å²) in [6.07, 6.45) is 0. The molecule has 0 aliphatic rings. The van der Waals surface area contributed by atoms with Crippen molar-refractivity contribution in [3.05, 3.63) is 53.6 Å². The van der Waals surface area contributed by atoms with E-state index in [9.17, 15) is 9.90 Å². The molecule has 2 aromatic rings. The number of aryl methyl sites for hydroxylation is 1. The molecule has 0 radical (unpaired) electrons. The Morgan fingerprint density at radius 1 is 1.17 bits per heavy atom. The third-order valence-corrected chi connectivity index (χ3v) is 2.57. The quantitative estimate of drug-likeness (QED) is 0.559. The first-order valence-corrected chi connectivity index (χ1v) is 5.53. The number of nitrogens with one attached hydrogen (secondary N) is 1. The Balaban J connectivity index is 2.21. The minimum atomic E-state index is -0.282. The van der Waals surface area contributed by atoms with Crippen molar-refractivity contribution in [1.29, 1.82) is 0 Å². The van der Waals surface area contributed by atoms with Gasteiger partial charge in [0.2, 0.25) is 0 Å². The van der Waals surface area contributed by atoms with Gasteiger partial charge in [-0.25, -0.2) is 0 Å². The molecule has 0 aliphatic carbocycles. The van der Waals surface area contributed by atoms with Crippen LogP contribution in [0.2, 0.25) is 0 Å². The smallest absolute Gasteiger partial charge is 0.255 e. The van der Waals surface area contributed by atoms with Crippen molar-refractivity contribution in [2.75, 3.05) is 11.1 Å². The number of carbonyl (C=O) groups excluding carboxylic acids is 1. The number of aromatic hydroxyl groups is 1. The number of phenols is 1. The second kappa shape index (κ2) is 4.79. The lowest BCUT2D eigenvalue weighted by Gasteiger charge is -2.08. The third-order valence-electron chi connectivity index (χ3n) is 2.57. The predicted molar refractivity (Wildman–Crippen MR) is 71.7 cm³/mol. The highest BCUT2D eigenvalue weighted by molar-refractivity contribution is 6.05. The first-order chi connectivity index (χ1) is 8.56. The molecule has 0 unspecified atom stereocenters. The highest BCUT2D eigenvalue weighted by Crippen LogP contribution is 2.24. The van der Waals surface area contributed by atoms with Gasteiger partial charge in [0.15, 0.2) is 0 Å². The van der Waals surface area contributed by atoms with Crippen molar-refractivity contribution in [1.82, 2.24) is 0 Å². The molecule has 0 aromatic heterocycles. The molecule has 0 aliphatic heterocycles. The molecule has 0 atom stereocenters. The van der Waals surface area contributed by atoms with Gasteiger partial charge in [0.1, 0.15) is 5.75 Å². The van der Waals surface area contributed by atoms with E-state index in [1.54, 1.807) is 42.5 Å². The molecule has 4 nitrogen and oxygen atoms in total. The number of phenolic OH excluding ortho intramolecular Hbond substituents is 1. The Bertz CT molecular complexity index is 577. The Kier molecular flexibility index (Phi) is 3.19. The first-order valence-electron chi connectivity index (χ1n) is 5.53. The number of anilines is 2. The summed E-state index contributed by atoms with van der Waals surface area (Å²) in [5.41, 5.74) is 8.00. The maximum atomic E-state index is 11.9. The van der Waals surface area contributed by atoms with Crippen LogP contribution in [0.5, 0.6) is 5.75 Å². The second-order valence-electron chi connectivity index (χ2n) is 4.10. The van der Waals surface area contributed by atoms with Crippen LogP contribution in [0.4, 0.5) is 11.4 Å². The topological polar surface area (TPSA) is 75.3 Å². The Morgan fingerprint density at radius 3 is 2.50 bits per heavy atom. The minimum absolute atomic E-state index is 0.0457. The highest BCUT2D eigenvalue weighted by Gasteiger charge is 2.08. The summed E-state index contributed by atoms with van der Waals surface area (Å²) in [5, 5.41) is 12.3. The molecule has 0 bridgehead atoms. The van der Waals surface area contributed by atoms with E-state index in [1.807, 2.05) is 6.92 Å². The standard InChI is InChI=1S/C14H14N2O2/c1-9-2-7-13(17)12(8-9)16-14(18)10-3-5-11(15)6-4-10/h2-8,17H,15H2,1H3,(H,16,18). The molecule has 4 N–H and O–H groups in total. The molecule has 2 aromatic carbocycles. The molecule has 0 saturated carbocycles. The number of carbonyl (C=O) groups is 1. The van der Waals surface area contributed by atoms with Gasteiger partial charge in [0.25, 0.3) is 5.91 Å². The summed E-state index contributed by atoms with van der Waals surface area (Å²) < 4.78 is 0. The van der Waals surface area contributed by atoms with Crippen molar-refractivity contribution in [2.24, 2.45) is 0 Å². The number of benzene rings is 2. The average Bonchev–Trinajstić information content (AvgIpc) is 2.34. The van der Waals surface area contributed by atoms with Gasteiger partial charge < -0.3 is 16.2 Å². The van der Waals surface area contributed by atoms with Crippen LogP contribution in [0.25, 0.3) is 0 Å². The van der Waals surface area contributed by atoms with Gasteiger partial charge in [-0.1, -0.05) is 6.07 Å². The Hall–Kier alpha value is -2.49. The summed E-state index contributed by atoms with van der Waals surface area (Å²) in [6, 6.07) is 11.6. The van der Waals surface area contributed by atoms with Crippen LogP contribution in [0.3, 0.4) is 0 Å². The summed E-state index contributed by atoms with van der Waals surface area (Å²) in [6.45, 7) is 1.89. The van der Waals surface area contributed by atoms with Crippen LogP contribution in [-0.4, -0.2) is 11.0 Å². The predicted octanol–water partition coefficient (Wildman–Crippen LogP) is 2.54. The molecule has 1 amide bonds. The number of nitrogen functional groups attached to an aromatic ring is 1. The van der Waals surface area contributed by atoms with E-state index in [4.69, 9.17) is 5.73 Å². The van der Waals surface area contributed by atoms with Gasteiger partial charge in [-0.3, -0.25) is 4.79 Å². The lowest BCUT2D eigenvalue weighted by Crippen LogP contribution is -2.12. The van der Waals surface area contributed by atoms with Gasteiger partial charge in [0, 0.05) is 11.3 Å². The van der Waals surface area contributed by atoms with E-state index in [0.29, 0.717) is 16.9 Å². The lowest BCUT2D eigenvalue weighted by molar-refractivity contribution is 0.102. The summed E-state index contributed by atoms with van der Waals surface area (Å²) in [7, 11) is 0. The summed E-state index contributed by atoms with van der Waals surface area (Å²) in [5.74, 6) is -0.236. The zero-order valence-electron chi connectivity index (χ0n) is 9.97. The van der Waals surface area contributed by atoms with Gasteiger partial charge in [-0.15, -0.1) is 0 Å². The van der Waals surface area contributed by atoms with Crippen LogP contribution >= 0.6 is 0 Å². The van der Waals surface area contributed by atoms with Crippen LogP contribution < -0.4 is 11.1 Å². The van der Waals surface area contributed by atoms with Gasteiger partial charge >= 0.3 is 0 Å². The molecular formula is C14H14N2O2. The zero-order chi connectivity index (χ0) is 13.1. The number of hydrogen-bond acceptors (Lipinski definition) is 3. The van der Waals surface area contributed by atoms with Crippen LogP contribution in [0.1, 0.15) is 15.9 Å².